The quantitative estimate of drug-likeness (QED) is 0.584. The fourth-order valence-electron chi connectivity index (χ4n) is 3.01. The summed E-state index contributed by atoms with van der Waals surface area (Å²) in [7, 11) is 0. The van der Waals surface area contributed by atoms with Gasteiger partial charge in [-0.15, -0.1) is 0 Å². The van der Waals surface area contributed by atoms with Crippen LogP contribution in [0.3, 0.4) is 0 Å². The smallest absolute Gasteiger partial charge is 0.299 e. The van der Waals surface area contributed by atoms with E-state index in [4.69, 9.17) is 10.5 Å². The van der Waals surface area contributed by atoms with Gasteiger partial charge in [-0.2, -0.15) is 0 Å². The number of aliphatic imine (C=N–C) groups is 1. The highest BCUT2D eigenvalue weighted by Crippen LogP contribution is 2.43. The number of ketones is 1. The Morgan fingerprint density at radius 1 is 1.27 bits per heavy atom. The van der Waals surface area contributed by atoms with Gasteiger partial charge in [-0.05, 0) is 24.6 Å². The number of Topliss-reactive ketones (excluding diaryl/α,β-unsaturated/α-hetero) is 1. The van der Waals surface area contributed by atoms with E-state index in [1.807, 2.05) is 0 Å². The van der Waals surface area contributed by atoms with Gasteiger partial charge in [0.05, 0.1) is 12.4 Å². The first kappa shape index (κ1) is 21.8. The lowest BCUT2D eigenvalue weighted by molar-refractivity contribution is -0.116. The number of aromatic nitrogens is 2. The number of hydrogen-bond acceptors (Lipinski definition) is 6. The van der Waals surface area contributed by atoms with Crippen molar-refractivity contribution >= 4 is 11.6 Å². The average Bonchev–Trinajstić information content (AvgIpc) is 2.78. The zero-order valence-electron chi connectivity index (χ0n) is 15.7. The molecule has 160 valence electrons. The van der Waals surface area contributed by atoms with Crippen LogP contribution in [0.25, 0.3) is 0 Å². The molecule has 3 rings (SSSR count). The molecule has 0 saturated carbocycles. The Hall–Kier alpha value is -2.95. The molecule has 0 amide bonds. The van der Waals surface area contributed by atoms with Crippen molar-refractivity contribution in [3.05, 3.63) is 58.9 Å². The molecule has 0 spiro atoms. The van der Waals surface area contributed by atoms with Crippen LogP contribution in [-0.4, -0.2) is 40.7 Å². The van der Waals surface area contributed by atoms with Crippen molar-refractivity contribution in [2.75, 3.05) is 13.2 Å². The molecule has 2 aromatic rings. The van der Waals surface area contributed by atoms with Crippen molar-refractivity contribution in [3.63, 3.8) is 0 Å². The number of hydrogen-bond donors (Lipinski definition) is 1. The van der Waals surface area contributed by atoms with Crippen molar-refractivity contribution in [3.8, 4) is 0 Å². The maximum Gasteiger partial charge on any atom is 0.299 e. The third kappa shape index (κ3) is 4.16. The number of carbonyl (C=O) groups excluding carboxylic acids is 1. The van der Waals surface area contributed by atoms with Crippen LogP contribution in [0.1, 0.15) is 40.7 Å². The maximum absolute atomic E-state index is 14.7. The first-order valence-electron chi connectivity index (χ1n) is 8.75. The predicted octanol–water partition coefficient (Wildman–Crippen LogP) is 3.22. The van der Waals surface area contributed by atoms with E-state index < -0.39 is 47.4 Å². The second-order valence-electron chi connectivity index (χ2n) is 6.91. The van der Waals surface area contributed by atoms with E-state index >= 15 is 0 Å². The van der Waals surface area contributed by atoms with E-state index in [0.29, 0.717) is 0 Å². The summed E-state index contributed by atoms with van der Waals surface area (Å²) in [5, 5.41) is 0. The standard InChI is InChI=1S/C19H17F5N4O2/c1-18(19(23,24)9-30-8-16(25)28-18)11-4-10(2-3-12(11)20)5-15(29)13-6-27-14(7-26-13)17(21)22/h2-4,6-7,17H,5,8-9H2,1H3,(H2,25,28)/t18-/m1/s1. The minimum atomic E-state index is -3.58. The van der Waals surface area contributed by atoms with E-state index in [-0.39, 0.29) is 30.1 Å². The van der Waals surface area contributed by atoms with Crippen LogP contribution in [0.5, 0.6) is 0 Å². The molecule has 0 radical (unpaired) electrons. The van der Waals surface area contributed by atoms with Crippen LogP contribution in [0.4, 0.5) is 22.0 Å². The molecule has 2 N–H and O–H groups in total. The number of carbonyl (C=O) groups is 1. The van der Waals surface area contributed by atoms with Gasteiger partial charge in [0.1, 0.15) is 36.3 Å². The van der Waals surface area contributed by atoms with Crippen LogP contribution < -0.4 is 5.73 Å². The van der Waals surface area contributed by atoms with Crippen LogP contribution in [0, 0.1) is 5.82 Å². The molecule has 1 aliphatic rings. The van der Waals surface area contributed by atoms with E-state index in [9.17, 15) is 26.7 Å². The van der Waals surface area contributed by atoms with E-state index in [2.05, 4.69) is 15.0 Å². The Bertz CT molecular complexity index is 981. The van der Waals surface area contributed by atoms with Gasteiger partial charge < -0.3 is 10.5 Å². The normalized spacial score (nSPS) is 21.2. The monoisotopic (exact) mass is 428 g/mol. The lowest BCUT2D eigenvalue weighted by atomic mass is 9.84. The molecule has 1 atom stereocenters. The van der Waals surface area contributed by atoms with Crippen molar-refractivity contribution in [2.45, 2.75) is 31.2 Å². The number of benzene rings is 1. The van der Waals surface area contributed by atoms with Crippen molar-refractivity contribution < 1.29 is 31.5 Å². The topological polar surface area (TPSA) is 90.5 Å². The Morgan fingerprint density at radius 3 is 2.63 bits per heavy atom. The number of ether oxygens (including phenoxy) is 1. The van der Waals surface area contributed by atoms with Gasteiger partial charge in [0.2, 0.25) is 0 Å². The molecule has 1 aromatic carbocycles. The number of amidine groups is 1. The zero-order chi connectivity index (χ0) is 22.1. The summed E-state index contributed by atoms with van der Waals surface area (Å²) in [6.45, 7) is -0.298. The summed E-state index contributed by atoms with van der Waals surface area (Å²) in [5.74, 6) is -5.35. The number of alkyl halides is 4. The first-order valence-corrected chi connectivity index (χ1v) is 8.75. The summed E-state index contributed by atoms with van der Waals surface area (Å²) in [6, 6.07) is 3.30. The Labute approximate surface area is 168 Å². The van der Waals surface area contributed by atoms with Gasteiger partial charge in [-0.25, -0.2) is 26.9 Å². The molecule has 0 aliphatic carbocycles. The van der Waals surface area contributed by atoms with Gasteiger partial charge in [0, 0.05) is 12.0 Å². The fraction of sp³-hybridized carbons (Fsp3) is 0.368. The van der Waals surface area contributed by atoms with Crippen LogP contribution >= 0.6 is 0 Å². The molecule has 0 fully saturated rings. The molecular formula is C19H17F5N4O2. The summed E-state index contributed by atoms with van der Waals surface area (Å²) in [6.07, 6.45) is -1.50. The minimum Gasteiger partial charge on any atom is -0.385 e. The van der Waals surface area contributed by atoms with Crippen LogP contribution in [-0.2, 0) is 16.7 Å². The average molecular weight is 428 g/mol. The largest absolute Gasteiger partial charge is 0.385 e. The molecule has 0 bridgehead atoms. The SMILES string of the molecule is C[C@]1(c2cc(CC(=O)c3cnc(C(F)F)cn3)ccc2F)N=C(N)COCC1(F)F. The number of nitrogens with two attached hydrogens (primary N) is 1. The van der Waals surface area contributed by atoms with Crippen molar-refractivity contribution in [2.24, 2.45) is 10.7 Å². The minimum absolute atomic E-state index is 0.188. The number of nitrogens with zero attached hydrogens (tertiary/aromatic N) is 3. The molecule has 6 nitrogen and oxygen atoms in total. The third-order valence-corrected chi connectivity index (χ3v) is 4.71. The second kappa shape index (κ2) is 8.05. The molecule has 2 heterocycles. The predicted molar refractivity (Wildman–Crippen MR) is 96.2 cm³/mol. The van der Waals surface area contributed by atoms with Crippen molar-refractivity contribution in [1.82, 2.24) is 9.97 Å². The lowest BCUT2D eigenvalue weighted by Crippen LogP contribution is -2.45. The summed E-state index contributed by atoms with van der Waals surface area (Å²) >= 11 is 0. The molecular weight excluding hydrogens is 411 g/mol. The first-order chi connectivity index (χ1) is 14.0. The second-order valence-corrected chi connectivity index (χ2v) is 6.91. The van der Waals surface area contributed by atoms with E-state index in [0.717, 1.165) is 31.5 Å². The Balaban J connectivity index is 1.93. The van der Waals surface area contributed by atoms with Gasteiger partial charge in [-0.3, -0.25) is 14.8 Å². The molecule has 30 heavy (non-hydrogen) atoms. The number of rotatable bonds is 5. The number of halogens is 5. The van der Waals surface area contributed by atoms with Gasteiger partial charge in [-0.1, -0.05) is 6.07 Å². The van der Waals surface area contributed by atoms with Crippen LogP contribution in [0.2, 0.25) is 0 Å². The lowest BCUT2D eigenvalue weighted by Gasteiger charge is -2.33. The maximum atomic E-state index is 14.7. The van der Waals surface area contributed by atoms with E-state index in [1.54, 1.807) is 0 Å². The van der Waals surface area contributed by atoms with Crippen molar-refractivity contribution in [1.29, 1.82) is 0 Å². The zero-order valence-corrected chi connectivity index (χ0v) is 15.7. The van der Waals surface area contributed by atoms with Gasteiger partial charge in [0.25, 0.3) is 12.3 Å². The summed E-state index contributed by atoms with van der Waals surface area (Å²) in [4.78, 5) is 23.3. The third-order valence-electron chi connectivity index (χ3n) is 4.71. The van der Waals surface area contributed by atoms with E-state index in [1.165, 1.54) is 6.07 Å². The highest BCUT2D eigenvalue weighted by atomic mass is 19.3. The highest BCUT2D eigenvalue weighted by Gasteiger charge is 2.54. The molecule has 1 aromatic heterocycles. The molecule has 0 saturated heterocycles. The fourth-order valence-corrected chi connectivity index (χ4v) is 3.01. The summed E-state index contributed by atoms with van der Waals surface area (Å²) < 4.78 is 73.9. The Kier molecular flexibility index (Phi) is 5.84. The van der Waals surface area contributed by atoms with Gasteiger partial charge >= 0.3 is 0 Å². The van der Waals surface area contributed by atoms with Crippen LogP contribution in [0.15, 0.2) is 35.6 Å². The molecule has 11 heteroatoms. The highest BCUT2D eigenvalue weighted by molar-refractivity contribution is 5.95. The molecule has 1 aliphatic heterocycles. The molecule has 0 unspecified atom stereocenters. The van der Waals surface area contributed by atoms with Gasteiger partial charge in [0.15, 0.2) is 11.3 Å². The summed E-state index contributed by atoms with van der Waals surface area (Å²) in [5.41, 5.74) is 2.22. The Morgan fingerprint density at radius 2 is 2.00 bits per heavy atom.